The number of carbonyl (C=O) groups is 1. The van der Waals surface area contributed by atoms with Crippen LogP contribution in [0.4, 0.5) is 0 Å². The molecule has 1 aromatic carbocycles. The summed E-state index contributed by atoms with van der Waals surface area (Å²) in [5.41, 5.74) is 0.631. The van der Waals surface area contributed by atoms with Gasteiger partial charge in [0.25, 0.3) is 0 Å². The number of aliphatic carboxylic acids is 1. The van der Waals surface area contributed by atoms with E-state index in [1.165, 1.54) is 5.56 Å². The largest absolute Gasteiger partial charge is 0.481 e. The van der Waals surface area contributed by atoms with Gasteiger partial charge >= 0.3 is 5.97 Å². The van der Waals surface area contributed by atoms with Gasteiger partial charge in [-0.1, -0.05) is 30.3 Å². The number of hydrogen-bond acceptors (Lipinski definition) is 3. The first-order valence-corrected chi connectivity index (χ1v) is 6.72. The molecule has 0 aliphatic carbocycles. The lowest BCUT2D eigenvalue weighted by Crippen LogP contribution is -2.29. The van der Waals surface area contributed by atoms with E-state index in [1.54, 1.807) is 27.9 Å². The summed E-state index contributed by atoms with van der Waals surface area (Å²) in [5, 5.41) is 11.4. The predicted molar refractivity (Wildman–Crippen MR) is 81.8 cm³/mol. The zero-order valence-corrected chi connectivity index (χ0v) is 13.3. The van der Waals surface area contributed by atoms with Crippen LogP contribution >= 0.6 is 0 Å². The molecule has 2 N–H and O–H groups in total. The van der Waals surface area contributed by atoms with Gasteiger partial charge in [0.2, 0.25) is 0 Å². The lowest BCUT2D eigenvalue weighted by molar-refractivity contribution is -0.145. The molecule has 114 valence electrons. The van der Waals surface area contributed by atoms with E-state index in [9.17, 15) is 4.79 Å². The lowest BCUT2D eigenvalue weighted by Gasteiger charge is -2.22. The molecule has 20 heavy (non-hydrogen) atoms. The van der Waals surface area contributed by atoms with E-state index in [0.29, 0.717) is 6.04 Å². The van der Waals surface area contributed by atoms with Gasteiger partial charge in [-0.3, -0.25) is 4.79 Å². The molecule has 0 aromatic heterocycles. The minimum absolute atomic E-state index is 0.131. The Bertz CT molecular complexity index is 384. The van der Waals surface area contributed by atoms with Crippen LogP contribution in [0.15, 0.2) is 30.3 Å². The fraction of sp³-hybridized carbons (Fsp3) is 0.562. The SMILES string of the molecule is CC(C)(C)C(=O)O.CNC(C)C(OC)c1ccccc1. The molecule has 0 bridgehead atoms. The molecule has 2 unspecified atom stereocenters. The van der Waals surface area contributed by atoms with E-state index in [-0.39, 0.29) is 6.10 Å². The molecule has 0 amide bonds. The Labute approximate surface area is 122 Å². The fourth-order valence-electron chi connectivity index (χ4n) is 1.42. The van der Waals surface area contributed by atoms with E-state index >= 15 is 0 Å². The molecule has 0 saturated carbocycles. The third-order valence-corrected chi connectivity index (χ3v) is 2.93. The van der Waals surface area contributed by atoms with Crippen LogP contribution in [0.25, 0.3) is 0 Å². The summed E-state index contributed by atoms with van der Waals surface area (Å²) in [6, 6.07) is 10.6. The summed E-state index contributed by atoms with van der Waals surface area (Å²) in [6.07, 6.45) is 0.131. The van der Waals surface area contributed by atoms with Crippen LogP contribution in [0.2, 0.25) is 0 Å². The molecule has 0 fully saturated rings. The summed E-state index contributed by atoms with van der Waals surface area (Å²) in [5.74, 6) is -0.757. The van der Waals surface area contributed by atoms with Crippen molar-refractivity contribution in [3.8, 4) is 0 Å². The maximum Gasteiger partial charge on any atom is 0.308 e. The van der Waals surface area contributed by atoms with Crippen molar-refractivity contribution < 1.29 is 14.6 Å². The normalized spacial score (nSPS) is 13.9. The molecule has 4 nitrogen and oxygen atoms in total. The van der Waals surface area contributed by atoms with E-state index < -0.39 is 11.4 Å². The maximum atomic E-state index is 10.0. The monoisotopic (exact) mass is 281 g/mol. The van der Waals surface area contributed by atoms with Crippen LogP contribution < -0.4 is 5.32 Å². The minimum atomic E-state index is -0.757. The Kier molecular flexibility index (Phi) is 8.11. The van der Waals surface area contributed by atoms with Gasteiger partial charge in [0.1, 0.15) is 0 Å². The summed E-state index contributed by atoms with van der Waals surface area (Å²) >= 11 is 0. The molecule has 0 aliphatic heterocycles. The fourth-order valence-corrected chi connectivity index (χ4v) is 1.42. The first-order valence-electron chi connectivity index (χ1n) is 6.72. The van der Waals surface area contributed by atoms with Gasteiger partial charge in [-0.15, -0.1) is 0 Å². The number of hydrogen-bond donors (Lipinski definition) is 2. The number of rotatable bonds is 4. The molecule has 0 saturated heterocycles. The Morgan fingerprint density at radius 1 is 1.25 bits per heavy atom. The maximum absolute atomic E-state index is 10.0. The molecule has 4 heteroatoms. The minimum Gasteiger partial charge on any atom is -0.481 e. The second-order valence-electron chi connectivity index (χ2n) is 5.70. The highest BCUT2D eigenvalue weighted by Crippen LogP contribution is 2.19. The predicted octanol–water partition coefficient (Wildman–Crippen LogP) is 3.10. The van der Waals surface area contributed by atoms with Gasteiger partial charge in [0.05, 0.1) is 11.5 Å². The number of carboxylic acids is 1. The first-order chi connectivity index (χ1) is 9.23. The molecule has 0 aliphatic rings. The van der Waals surface area contributed by atoms with E-state index in [0.717, 1.165) is 0 Å². The van der Waals surface area contributed by atoms with Crippen LogP contribution in [0, 0.1) is 5.41 Å². The van der Waals surface area contributed by atoms with Gasteiger partial charge < -0.3 is 15.2 Å². The van der Waals surface area contributed by atoms with E-state index in [2.05, 4.69) is 24.4 Å². The van der Waals surface area contributed by atoms with Crippen molar-refractivity contribution in [3.63, 3.8) is 0 Å². The van der Waals surface area contributed by atoms with E-state index in [1.807, 2.05) is 25.2 Å². The summed E-state index contributed by atoms with van der Waals surface area (Å²) in [7, 11) is 3.69. The Balaban J connectivity index is 0.000000441. The molecule has 1 aromatic rings. The Hall–Kier alpha value is -1.39. The van der Waals surface area contributed by atoms with Gasteiger partial charge in [0.15, 0.2) is 0 Å². The smallest absolute Gasteiger partial charge is 0.308 e. The number of benzene rings is 1. The van der Waals surface area contributed by atoms with Crippen LogP contribution in [-0.2, 0) is 9.53 Å². The molecular weight excluding hydrogens is 254 g/mol. The van der Waals surface area contributed by atoms with Crippen LogP contribution in [0.5, 0.6) is 0 Å². The first kappa shape index (κ1) is 18.6. The molecule has 1 rings (SSSR count). The highest BCUT2D eigenvalue weighted by atomic mass is 16.5. The zero-order valence-electron chi connectivity index (χ0n) is 13.3. The average Bonchev–Trinajstić information content (AvgIpc) is 2.40. The topological polar surface area (TPSA) is 58.6 Å². The van der Waals surface area contributed by atoms with Crippen molar-refractivity contribution in [1.29, 1.82) is 0 Å². The highest BCUT2D eigenvalue weighted by molar-refractivity contribution is 5.72. The zero-order chi connectivity index (χ0) is 15.8. The second kappa shape index (κ2) is 8.72. The summed E-state index contributed by atoms with van der Waals surface area (Å²) in [6.45, 7) is 7.10. The standard InChI is InChI=1S/C11H17NO.C5H10O2/c1-9(12-2)11(13-3)10-7-5-4-6-8-10;1-5(2,3)4(6)7/h4-9,11-12H,1-3H3;1-3H3,(H,6,7). The van der Waals surface area contributed by atoms with Crippen molar-refractivity contribution in [1.82, 2.24) is 5.32 Å². The summed E-state index contributed by atoms with van der Waals surface area (Å²) in [4.78, 5) is 10.0. The van der Waals surface area contributed by atoms with Gasteiger partial charge in [-0.25, -0.2) is 0 Å². The third-order valence-electron chi connectivity index (χ3n) is 2.93. The second-order valence-corrected chi connectivity index (χ2v) is 5.70. The van der Waals surface area contributed by atoms with Crippen molar-refractivity contribution >= 4 is 5.97 Å². The van der Waals surface area contributed by atoms with Gasteiger partial charge in [0, 0.05) is 13.2 Å². The summed E-state index contributed by atoms with van der Waals surface area (Å²) < 4.78 is 5.43. The van der Waals surface area contributed by atoms with Crippen molar-refractivity contribution in [3.05, 3.63) is 35.9 Å². The third kappa shape index (κ3) is 6.68. The number of nitrogens with one attached hydrogen (secondary N) is 1. The van der Waals surface area contributed by atoms with Gasteiger partial charge in [-0.05, 0) is 40.3 Å². The Morgan fingerprint density at radius 3 is 2.00 bits per heavy atom. The average molecular weight is 281 g/mol. The van der Waals surface area contributed by atoms with Crippen LogP contribution in [0.3, 0.4) is 0 Å². The Morgan fingerprint density at radius 2 is 1.70 bits per heavy atom. The molecule has 2 atom stereocenters. The number of methoxy groups -OCH3 is 1. The van der Waals surface area contributed by atoms with Crippen LogP contribution in [-0.4, -0.2) is 31.3 Å². The lowest BCUT2D eigenvalue weighted by atomic mass is 9.98. The highest BCUT2D eigenvalue weighted by Gasteiger charge is 2.18. The molecule has 0 heterocycles. The van der Waals surface area contributed by atoms with Crippen molar-refractivity contribution in [2.45, 2.75) is 39.8 Å². The molecule has 0 radical (unpaired) electrons. The molecular formula is C16H27NO3. The number of likely N-dealkylation sites (N-methyl/N-ethyl adjacent to an activating group) is 1. The van der Waals surface area contributed by atoms with Gasteiger partial charge in [-0.2, -0.15) is 0 Å². The number of carboxylic acid groups (broad SMARTS) is 1. The van der Waals surface area contributed by atoms with Crippen LogP contribution in [0.1, 0.15) is 39.4 Å². The number of ether oxygens (including phenoxy) is 1. The molecule has 0 spiro atoms. The quantitative estimate of drug-likeness (QED) is 0.890. The van der Waals surface area contributed by atoms with Crippen molar-refractivity contribution in [2.75, 3.05) is 14.2 Å². The van der Waals surface area contributed by atoms with Crippen molar-refractivity contribution in [2.24, 2.45) is 5.41 Å². The van der Waals surface area contributed by atoms with E-state index in [4.69, 9.17) is 9.84 Å².